The first kappa shape index (κ1) is 15.4. The molecule has 0 bridgehead atoms. The van der Waals surface area contributed by atoms with Crippen molar-refractivity contribution in [2.75, 3.05) is 6.54 Å². The standard InChI is InChI=1S/C16H24F2N2/c1-4-16(17,18)14-7-10-20(12(2)3)15(11-14)13-5-8-19-9-6-13/h5-6,8-9,12,14-15H,4,7,10-11H2,1-3H3/t14-,15+/m1/s1. The number of hydrogen-bond donors (Lipinski definition) is 0. The van der Waals surface area contributed by atoms with Crippen molar-refractivity contribution in [3.05, 3.63) is 30.1 Å². The Bertz CT molecular complexity index is 420. The van der Waals surface area contributed by atoms with Crippen LogP contribution in [-0.2, 0) is 0 Å². The number of piperidine rings is 1. The van der Waals surface area contributed by atoms with Crippen LogP contribution in [0, 0.1) is 5.92 Å². The Labute approximate surface area is 120 Å². The molecule has 1 aliphatic heterocycles. The van der Waals surface area contributed by atoms with Crippen molar-refractivity contribution in [3.8, 4) is 0 Å². The molecule has 1 aliphatic rings. The highest BCUT2D eigenvalue weighted by atomic mass is 19.3. The number of rotatable bonds is 4. The summed E-state index contributed by atoms with van der Waals surface area (Å²) in [5, 5.41) is 0. The molecule has 1 fully saturated rings. The van der Waals surface area contributed by atoms with E-state index in [1.807, 2.05) is 12.1 Å². The molecule has 2 rings (SSSR count). The summed E-state index contributed by atoms with van der Waals surface area (Å²) in [5.74, 6) is -3.06. The van der Waals surface area contributed by atoms with Crippen LogP contribution >= 0.6 is 0 Å². The van der Waals surface area contributed by atoms with Gasteiger partial charge < -0.3 is 0 Å². The molecule has 4 heteroatoms. The van der Waals surface area contributed by atoms with Gasteiger partial charge in [0.1, 0.15) is 0 Å². The molecule has 2 atom stereocenters. The third-order valence-electron chi connectivity index (χ3n) is 4.47. The van der Waals surface area contributed by atoms with Gasteiger partial charge in [-0.1, -0.05) is 6.92 Å². The van der Waals surface area contributed by atoms with Crippen LogP contribution in [0.3, 0.4) is 0 Å². The van der Waals surface area contributed by atoms with E-state index >= 15 is 0 Å². The largest absolute Gasteiger partial charge is 0.294 e. The van der Waals surface area contributed by atoms with Crippen LogP contribution in [0.5, 0.6) is 0 Å². The van der Waals surface area contributed by atoms with E-state index in [0.717, 1.165) is 12.1 Å². The Balaban J connectivity index is 2.23. The molecule has 20 heavy (non-hydrogen) atoms. The topological polar surface area (TPSA) is 16.1 Å². The van der Waals surface area contributed by atoms with Crippen LogP contribution in [0.2, 0.25) is 0 Å². The average Bonchev–Trinajstić information content (AvgIpc) is 2.47. The van der Waals surface area contributed by atoms with E-state index in [1.54, 1.807) is 19.3 Å². The zero-order valence-electron chi connectivity index (χ0n) is 12.5. The highest BCUT2D eigenvalue weighted by Crippen LogP contribution is 2.43. The summed E-state index contributed by atoms with van der Waals surface area (Å²) in [6.45, 7) is 6.58. The summed E-state index contributed by atoms with van der Waals surface area (Å²) in [4.78, 5) is 6.36. The fraction of sp³-hybridized carbons (Fsp3) is 0.688. The van der Waals surface area contributed by atoms with Gasteiger partial charge in [0.15, 0.2) is 0 Å². The molecule has 1 saturated heterocycles. The molecular weight excluding hydrogens is 258 g/mol. The molecule has 0 saturated carbocycles. The molecule has 112 valence electrons. The summed E-state index contributed by atoms with van der Waals surface area (Å²) in [5.41, 5.74) is 1.10. The van der Waals surface area contributed by atoms with Crippen LogP contribution in [0.15, 0.2) is 24.5 Å². The van der Waals surface area contributed by atoms with Gasteiger partial charge in [-0.2, -0.15) is 0 Å². The molecule has 0 unspecified atom stereocenters. The lowest BCUT2D eigenvalue weighted by Gasteiger charge is -2.44. The van der Waals surface area contributed by atoms with Crippen molar-refractivity contribution < 1.29 is 8.78 Å². The molecular formula is C16H24F2N2. The molecule has 0 spiro atoms. The Hall–Kier alpha value is -1.03. The summed E-state index contributed by atoms with van der Waals surface area (Å²) >= 11 is 0. The molecule has 0 amide bonds. The number of nitrogens with zero attached hydrogens (tertiary/aromatic N) is 2. The van der Waals surface area contributed by atoms with Crippen molar-refractivity contribution in [2.24, 2.45) is 5.92 Å². The van der Waals surface area contributed by atoms with Crippen molar-refractivity contribution in [1.29, 1.82) is 0 Å². The fourth-order valence-electron chi connectivity index (χ4n) is 3.19. The number of aromatic nitrogens is 1. The maximum atomic E-state index is 14.0. The van der Waals surface area contributed by atoms with Gasteiger partial charge in [-0.25, -0.2) is 8.78 Å². The number of alkyl halides is 2. The highest BCUT2D eigenvalue weighted by molar-refractivity contribution is 5.17. The molecule has 1 aromatic heterocycles. The highest BCUT2D eigenvalue weighted by Gasteiger charge is 2.43. The lowest BCUT2D eigenvalue weighted by molar-refractivity contribution is -0.0951. The first-order valence-electron chi connectivity index (χ1n) is 7.49. The monoisotopic (exact) mass is 282 g/mol. The molecule has 2 nitrogen and oxygen atoms in total. The Morgan fingerprint density at radius 3 is 2.55 bits per heavy atom. The van der Waals surface area contributed by atoms with Gasteiger partial charge in [0, 0.05) is 36.8 Å². The van der Waals surface area contributed by atoms with Crippen molar-refractivity contribution in [2.45, 2.75) is 58.0 Å². The van der Waals surface area contributed by atoms with Gasteiger partial charge >= 0.3 is 0 Å². The van der Waals surface area contributed by atoms with E-state index in [4.69, 9.17) is 0 Å². The number of halogens is 2. The SMILES string of the molecule is CCC(F)(F)[C@@H]1CCN(C(C)C)[C@H](c2ccncc2)C1. The van der Waals surface area contributed by atoms with E-state index < -0.39 is 11.8 Å². The summed E-state index contributed by atoms with van der Waals surface area (Å²) in [7, 11) is 0. The zero-order valence-corrected chi connectivity index (χ0v) is 12.5. The van der Waals surface area contributed by atoms with Gasteiger partial charge in [0.25, 0.3) is 5.92 Å². The maximum Gasteiger partial charge on any atom is 0.250 e. The number of likely N-dealkylation sites (tertiary alicyclic amines) is 1. The summed E-state index contributed by atoms with van der Waals surface area (Å²) in [6.07, 6.45) is 4.54. The first-order valence-corrected chi connectivity index (χ1v) is 7.49. The van der Waals surface area contributed by atoms with Crippen LogP contribution in [0.4, 0.5) is 8.78 Å². The van der Waals surface area contributed by atoms with Crippen LogP contribution < -0.4 is 0 Å². The van der Waals surface area contributed by atoms with E-state index in [-0.39, 0.29) is 12.5 Å². The molecule has 2 heterocycles. The minimum Gasteiger partial charge on any atom is -0.294 e. The van der Waals surface area contributed by atoms with Gasteiger partial charge in [-0.15, -0.1) is 0 Å². The molecule has 0 aliphatic carbocycles. The Morgan fingerprint density at radius 1 is 1.35 bits per heavy atom. The number of pyridine rings is 1. The Morgan fingerprint density at radius 2 is 2.00 bits per heavy atom. The average molecular weight is 282 g/mol. The Kier molecular flexibility index (Phi) is 4.74. The molecule has 0 radical (unpaired) electrons. The van der Waals surface area contributed by atoms with Gasteiger partial charge in [-0.3, -0.25) is 9.88 Å². The predicted octanol–water partition coefficient (Wildman–Crippen LogP) is 4.29. The van der Waals surface area contributed by atoms with E-state index in [2.05, 4.69) is 23.7 Å². The maximum absolute atomic E-state index is 14.0. The van der Waals surface area contributed by atoms with Crippen molar-refractivity contribution in [1.82, 2.24) is 9.88 Å². The number of hydrogen-bond acceptors (Lipinski definition) is 2. The first-order chi connectivity index (χ1) is 9.45. The van der Waals surface area contributed by atoms with Crippen molar-refractivity contribution >= 4 is 0 Å². The minimum atomic E-state index is -2.55. The van der Waals surface area contributed by atoms with Crippen molar-refractivity contribution in [3.63, 3.8) is 0 Å². The smallest absolute Gasteiger partial charge is 0.250 e. The van der Waals surface area contributed by atoms with Crippen LogP contribution in [-0.4, -0.2) is 28.4 Å². The molecule has 1 aromatic rings. The molecule has 0 N–H and O–H groups in total. The predicted molar refractivity (Wildman–Crippen MR) is 76.8 cm³/mol. The molecule has 0 aromatic carbocycles. The normalized spacial score (nSPS) is 25.1. The fourth-order valence-corrected chi connectivity index (χ4v) is 3.19. The van der Waals surface area contributed by atoms with Gasteiger partial charge in [0.2, 0.25) is 0 Å². The van der Waals surface area contributed by atoms with Crippen LogP contribution in [0.25, 0.3) is 0 Å². The summed E-state index contributed by atoms with van der Waals surface area (Å²) in [6, 6.07) is 4.34. The van der Waals surface area contributed by atoms with E-state index in [9.17, 15) is 8.78 Å². The van der Waals surface area contributed by atoms with Gasteiger partial charge in [0.05, 0.1) is 0 Å². The quantitative estimate of drug-likeness (QED) is 0.819. The zero-order chi connectivity index (χ0) is 14.8. The van der Waals surface area contributed by atoms with E-state index in [0.29, 0.717) is 18.9 Å². The minimum absolute atomic E-state index is 0.0671. The summed E-state index contributed by atoms with van der Waals surface area (Å²) < 4.78 is 28.0. The lowest BCUT2D eigenvalue weighted by atomic mass is 9.82. The second kappa shape index (κ2) is 6.17. The van der Waals surface area contributed by atoms with Gasteiger partial charge in [-0.05, 0) is 50.9 Å². The third kappa shape index (κ3) is 3.17. The lowest BCUT2D eigenvalue weighted by Crippen LogP contribution is -2.45. The van der Waals surface area contributed by atoms with Crippen LogP contribution in [0.1, 0.15) is 51.6 Å². The second-order valence-electron chi connectivity index (χ2n) is 5.96. The van der Waals surface area contributed by atoms with E-state index in [1.165, 1.54) is 0 Å². The third-order valence-corrected chi connectivity index (χ3v) is 4.47. The second-order valence-corrected chi connectivity index (χ2v) is 5.96.